The third-order valence-corrected chi connectivity index (χ3v) is 5.03. The van der Waals surface area contributed by atoms with Gasteiger partial charge in [-0.3, -0.25) is 9.59 Å². The smallest absolute Gasteiger partial charge is 0.251 e. The van der Waals surface area contributed by atoms with Crippen molar-refractivity contribution in [3.63, 3.8) is 0 Å². The molecule has 1 heterocycles. The number of benzene rings is 2. The highest BCUT2D eigenvalue weighted by Gasteiger charge is 2.11. The molecule has 3 rings (SSSR count). The number of para-hydroxylation sites is 2. The van der Waals surface area contributed by atoms with E-state index in [1.165, 1.54) is 17.8 Å². The van der Waals surface area contributed by atoms with E-state index in [0.29, 0.717) is 34.6 Å². The van der Waals surface area contributed by atoms with E-state index in [1.54, 1.807) is 19.2 Å². The van der Waals surface area contributed by atoms with Gasteiger partial charge in [0.1, 0.15) is 11.5 Å². The second kappa shape index (κ2) is 10.5. The Morgan fingerprint density at radius 3 is 2.80 bits per heavy atom. The lowest BCUT2D eigenvalue weighted by Gasteiger charge is -2.11. The summed E-state index contributed by atoms with van der Waals surface area (Å²) < 4.78 is 10.7. The molecule has 156 valence electrons. The molecule has 0 aliphatic heterocycles. The van der Waals surface area contributed by atoms with Crippen molar-refractivity contribution in [3.8, 4) is 11.5 Å². The third-order valence-electron chi connectivity index (χ3n) is 4.09. The van der Waals surface area contributed by atoms with E-state index in [0.717, 1.165) is 11.3 Å². The molecule has 0 fully saturated rings. The fourth-order valence-electron chi connectivity index (χ4n) is 2.77. The van der Waals surface area contributed by atoms with Crippen molar-refractivity contribution in [2.24, 2.45) is 0 Å². The van der Waals surface area contributed by atoms with Gasteiger partial charge in [0.15, 0.2) is 5.16 Å². The number of hydrogen-bond acceptors (Lipinski definition) is 6. The first-order valence-corrected chi connectivity index (χ1v) is 10.4. The minimum atomic E-state index is -0.296. The first kappa shape index (κ1) is 21.4. The highest BCUT2D eigenvalue weighted by atomic mass is 32.2. The van der Waals surface area contributed by atoms with Crippen LogP contribution < -0.4 is 20.3 Å². The molecule has 2 aromatic carbocycles. The quantitative estimate of drug-likeness (QED) is 0.402. The van der Waals surface area contributed by atoms with Gasteiger partial charge in [-0.15, -0.1) is 0 Å². The number of hydrogen-bond donors (Lipinski definition) is 2. The number of thioether (sulfide) groups is 1. The molecule has 2 N–H and O–H groups in total. The molecule has 0 spiro atoms. The summed E-state index contributed by atoms with van der Waals surface area (Å²) in [4.78, 5) is 31.6. The minimum absolute atomic E-state index is 0.0168. The maximum atomic E-state index is 12.5. The SMILES string of the molecule is CCOc1ccccc1NC(=O)Cc1cc(=O)[nH]c(SCc2cccc(OC)c2)n1. The van der Waals surface area contributed by atoms with Gasteiger partial charge in [-0.1, -0.05) is 36.0 Å². The molecule has 8 heteroatoms. The predicted molar refractivity (Wildman–Crippen MR) is 117 cm³/mol. The molecular formula is C22H23N3O4S. The van der Waals surface area contributed by atoms with E-state index in [1.807, 2.05) is 43.3 Å². The lowest BCUT2D eigenvalue weighted by atomic mass is 10.2. The minimum Gasteiger partial charge on any atom is -0.497 e. The number of methoxy groups -OCH3 is 1. The number of carbonyl (C=O) groups is 1. The molecule has 0 atom stereocenters. The Kier molecular flexibility index (Phi) is 7.51. The lowest BCUT2D eigenvalue weighted by Crippen LogP contribution is -2.18. The second-order valence-electron chi connectivity index (χ2n) is 6.34. The maximum Gasteiger partial charge on any atom is 0.251 e. The van der Waals surface area contributed by atoms with Gasteiger partial charge in [0.25, 0.3) is 5.56 Å². The monoisotopic (exact) mass is 425 g/mol. The Morgan fingerprint density at radius 1 is 1.17 bits per heavy atom. The van der Waals surface area contributed by atoms with E-state index in [-0.39, 0.29) is 17.9 Å². The van der Waals surface area contributed by atoms with Crippen LogP contribution in [0.1, 0.15) is 18.2 Å². The first-order valence-electron chi connectivity index (χ1n) is 9.45. The molecule has 0 saturated carbocycles. The first-order chi connectivity index (χ1) is 14.6. The van der Waals surface area contributed by atoms with Gasteiger partial charge in [-0.25, -0.2) is 4.98 Å². The molecule has 1 aromatic heterocycles. The summed E-state index contributed by atoms with van der Waals surface area (Å²) in [7, 11) is 1.62. The molecule has 0 aliphatic carbocycles. The average molecular weight is 426 g/mol. The summed E-state index contributed by atoms with van der Waals surface area (Å²) in [6, 6.07) is 16.2. The van der Waals surface area contributed by atoms with Crippen molar-refractivity contribution >= 4 is 23.4 Å². The van der Waals surface area contributed by atoms with Crippen LogP contribution in [0.3, 0.4) is 0 Å². The Labute approximate surface area is 178 Å². The maximum absolute atomic E-state index is 12.5. The topological polar surface area (TPSA) is 93.3 Å². The largest absolute Gasteiger partial charge is 0.497 e. The second-order valence-corrected chi connectivity index (χ2v) is 7.30. The number of rotatable bonds is 9. The van der Waals surface area contributed by atoms with Crippen LogP contribution in [0.4, 0.5) is 5.69 Å². The zero-order valence-corrected chi connectivity index (χ0v) is 17.6. The summed E-state index contributed by atoms with van der Waals surface area (Å²) in [5.41, 5.74) is 1.73. The normalized spacial score (nSPS) is 10.5. The number of aromatic amines is 1. The van der Waals surface area contributed by atoms with E-state index >= 15 is 0 Å². The number of aromatic nitrogens is 2. The van der Waals surface area contributed by atoms with Gasteiger partial charge in [-0.2, -0.15) is 0 Å². The Bertz CT molecular complexity index is 1070. The molecule has 30 heavy (non-hydrogen) atoms. The van der Waals surface area contributed by atoms with Crippen LogP contribution in [0.2, 0.25) is 0 Å². The van der Waals surface area contributed by atoms with E-state index in [2.05, 4.69) is 15.3 Å². The van der Waals surface area contributed by atoms with Crippen molar-refractivity contribution in [1.82, 2.24) is 9.97 Å². The van der Waals surface area contributed by atoms with Crippen LogP contribution in [0.15, 0.2) is 64.5 Å². The molecule has 7 nitrogen and oxygen atoms in total. The number of ether oxygens (including phenoxy) is 2. The van der Waals surface area contributed by atoms with Crippen molar-refractivity contribution in [3.05, 3.63) is 76.2 Å². The van der Waals surface area contributed by atoms with E-state index in [9.17, 15) is 9.59 Å². The molecule has 0 unspecified atom stereocenters. The van der Waals surface area contributed by atoms with E-state index in [4.69, 9.17) is 9.47 Å². The molecule has 0 saturated heterocycles. The van der Waals surface area contributed by atoms with Crippen LogP contribution in [0, 0.1) is 0 Å². The number of carbonyl (C=O) groups excluding carboxylic acids is 1. The Balaban J connectivity index is 1.66. The molecule has 0 radical (unpaired) electrons. The van der Waals surface area contributed by atoms with Crippen LogP contribution in [0.25, 0.3) is 0 Å². The molecule has 0 aliphatic rings. The zero-order valence-electron chi connectivity index (χ0n) is 16.8. The lowest BCUT2D eigenvalue weighted by molar-refractivity contribution is -0.115. The predicted octanol–water partition coefficient (Wildman–Crippen LogP) is 3.65. The van der Waals surface area contributed by atoms with Gasteiger partial charge in [0.05, 0.1) is 31.5 Å². The highest BCUT2D eigenvalue weighted by Crippen LogP contribution is 2.24. The molecule has 1 amide bonds. The highest BCUT2D eigenvalue weighted by molar-refractivity contribution is 7.98. The Hall–Kier alpha value is -3.26. The number of H-pyrrole nitrogens is 1. The summed E-state index contributed by atoms with van der Waals surface area (Å²) in [6.07, 6.45) is -0.0168. The summed E-state index contributed by atoms with van der Waals surface area (Å²) in [6.45, 7) is 2.37. The summed E-state index contributed by atoms with van der Waals surface area (Å²) >= 11 is 1.39. The van der Waals surface area contributed by atoms with Gasteiger partial charge < -0.3 is 19.8 Å². The van der Waals surface area contributed by atoms with Crippen molar-refractivity contribution < 1.29 is 14.3 Å². The molecule has 0 bridgehead atoms. The van der Waals surface area contributed by atoms with Crippen LogP contribution in [-0.2, 0) is 17.0 Å². The zero-order chi connectivity index (χ0) is 21.3. The van der Waals surface area contributed by atoms with Crippen LogP contribution in [0.5, 0.6) is 11.5 Å². The van der Waals surface area contributed by atoms with Crippen LogP contribution >= 0.6 is 11.8 Å². The summed E-state index contributed by atoms with van der Waals surface area (Å²) in [5, 5.41) is 3.28. The number of amides is 1. The van der Waals surface area contributed by atoms with Crippen LogP contribution in [-0.4, -0.2) is 29.6 Å². The van der Waals surface area contributed by atoms with Crippen molar-refractivity contribution in [2.45, 2.75) is 24.3 Å². The number of anilines is 1. The average Bonchev–Trinajstić information content (AvgIpc) is 2.73. The fourth-order valence-corrected chi connectivity index (χ4v) is 3.60. The van der Waals surface area contributed by atoms with Crippen molar-refractivity contribution in [1.29, 1.82) is 0 Å². The fraction of sp³-hybridized carbons (Fsp3) is 0.227. The number of nitrogens with zero attached hydrogens (tertiary/aromatic N) is 1. The number of nitrogens with one attached hydrogen (secondary N) is 2. The van der Waals surface area contributed by atoms with Crippen molar-refractivity contribution in [2.75, 3.05) is 19.0 Å². The Morgan fingerprint density at radius 2 is 2.00 bits per heavy atom. The molecule has 3 aromatic rings. The molecular weight excluding hydrogens is 402 g/mol. The van der Waals surface area contributed by atoms with Gasteiger partial charge in [0.2, 0.25) is 5.91 Å². The summed E-state index contributed by atoms with van der Waals surface area (Å²) in [5.74, 6) is 1.70. The van der Waals surface area contributed by atoms with Gasteiger partial charge >= 0.3 is 0 Å². The van der Waals surface area contributed by atoms with Gasteiger partial charge in [-0.05, 0) is 36.8 Å². The van der Waals surface area contributed by atoms with Gasteiger partial charge in [0, 0.05) is 11.8 Å². The third kappa shape index (κ3) is 6.12. The standard InChI is InChI=1S/C22H23N3O4S/c1-3-29-19-10-5-4-9-18(19)24-20(26)12-16-13-21(27)25-22(23-16)30-14-15-7-6-8-17(11-15)28-2/h4-11,13H,3,12,14H2,1-2H3,(H,24,26)(H,23,25,27). The van der Waals surface area contributed by atoms with E-state index < -0.39 is 0 Å².